The molecule has 0 atom stereocenters. The van der Waals surface area contributed by atoms with E-state index in [1.54, 1.807) is 17.8 Å². The van der Waals surface area contributed by atoms with Gasteiger partial charge in [-0.1, -0.05) is 57.5 Å². The van der Waals surface area contributed by atoms with E-state index in [0.717, 1.165) is 28.5 Å². The van der Waals surface area contributed by atoms with Gasteiger partial charge in [-0.05, 0) is 69.6 Å². The quantitative estimate of drug-likeness (QED) is 0.0930. The van der Waals surface area contributed by atoms with Crippen LogP contribution in [0.15, 0.2) is 54.6 Å². The summed E-state index contributed by atoms with van der Waals surface area (Å²) >= 11 is 5.40. The number of hydrogen-bond acceptors (Lipinski definition) is 6. The Kier molecular flexibility index (Phi) is 13.3. The number of hydrogen-bond donors (Lipinski definition) is 0. The number of nitrogens with zero attached hydrogens (tertiary/aromatic N) is 2. The number of methoxy groups -OCH3 is 1. The minimum absolute atomic E-state index is 0.102. The average molecular weight is 679 g/mol. The summed E-state index contributed by atoms with van der Waals surface area (Å²) < 4.78 is 70.0. The van der Waals surface area contributed by atoms with Crippen LogP contribution >= 0.6 is 11.6 Å². The van der Waals surface area contributed by atoms with E-state index in [0.29, 0.717) is 11.3 Å². The number of alkyl halides is 3. The topological polar surface area (TPSA) is 79.7 Å². The first-order valence-electron chi connectivity index (χ1n) is 15.0. The predicted octanol–water partition coefficient (Wildman–Crippen LogP) is 8.69. The van der Waals surface area contributed by atoms with Gasteiger partial charge in [-0.25, -0.2) is 9.18 Å². The van der Waals surface area contributed by atoms with Crippen LogP contribution in [-0.4, -0.2) is 47.5 Å². The molecule has 0 saturated carbocycles. The third kappa shape index (κ3) is 8.60. The highest BCUT2D eigenvalue weighted by atomic mass is 35.5. The highest BCUT2D eigenvalue weighted by Crippen LogP contribution is 2.37. The SMILES string of the molecule is CC.CC.COC(=O)c1ccc(-c2nn(C)c3cc(B4OC(C)(C)C(C)(C)O4)ccc23)c(F)c1.O=Cc1c(Cl)cccc1C(F)(F)F. The van der Waals surface area contributed by atoms with Gasteiger partial charge in [0.05, 0.1) is 40.0 Å². The molecule has 0 radical (unpaired) electrons. The lowest BCUT2D eigenvalue weighted by atomic mass is 9.78. The van der Waals surface area contributed by atoms with Crippen molar-refractivity contribution >= 4 is 47.3 Å². The van der Waals surface area contributed by atoms with Crippen LogP contribution in [-0.2, 0) is 27.3 Å². The van der Waals surface area contributed by atoms with Gasteiger partial charge in [0.15, 0.2) is 6.29 Å². The lowest BCUT2D eigenvalue weighted by molar-refractivity contribution is -0.137. The smallest absolute Gasteiger partial charge is 0.465 e. The van der Waals surface area contributed by atoms with Crippen LogP contribution in [0.5, 0.6) is 0 Å². The maximum atomic E-state index is 14.8. The van der Waals surface area contributed by atoms with Crippen molar-refractivity contribution in [2.75, 3.05) is 7.11 Å². The first kappa shape index (κ1) is 39.4. The zero-order valence-corrected chi connectivity index (χ0v) is 28.9. The Morgan fingerprint density at radius 1 is 0.979 bits per heavy atom. The van der Waals surface area contributed by atoms with Crippen LogP contribution in [0, 0.1) is 5.82 Å². The maximum Gasteiger partial charge on any atom is 0.494 e. The summed E-state index contributed by atoms with van der Waals surface area (Å²) in [6.07, 6.45) is -4.44. The van der Waals surface area contributed by atoms with E-state index in [9.17, 15) is 27.2 Å². The molecule has 1 fully saturated rings. The fourth-order valence-corrected chi connectivity index (χ4v) is 4.67. The van der Waals surface area contributed by atoms with Crippen molar-refractivity contribution in [2.45, 2.75) is 72.8 Å². The molecule has 0 spiro atoms. The van der Waals surface area contributed by atoms with Crippen molar-refractivity contribution in [3.05, 3.63) is 82.1 Å². The second-order valence-corrected chi connectivity index (χ2v) is 11.2. The van der Waals surface area contributed by atoms with Gasteiger partial charge in [0, 0.05) is 23.6 Å². The molecule has 1 saturated heterocycles. The third-order valence-corrected chi connectivity index (χ3v) is 7.85. The molecule has 13 heteroatoms. The number of carbonyl (C=O) groups is 2. The number of aldehydes is 1. The Hall–Kier alpha value is -3.74. The zero-order valence-electron chi connectivity index (χ0n) is 28.2. The molecule has 0 unspecified atom stereocenters. The number of esters is 1. The minimum Gasteiger partial charge on any atom is -0.465 e. The zero-order chi connectivity index (χ0) is 35.9. The Balaban J connectivity index is 0.000000379. The summed E-state index contributed by atoms with van der Waals surface area (Å²) in [5, 5.41) is 5.12. The number of aryl methyl sites for hydroxylation is 1. The van der Waals surface area contributed by atoms with Crippen LogP contribution in [0.25, 0.3) is 22.2 Å². The van der Waals surface area contributed by atoms with Crippen molar-refractivity contribution in [3.8, 4) is 11.3 Å². The lowest BCUT2D eigenvalue weighted by Gasteiger charge is -2.32. The van der Waals surface area contributed by atoms with Gasteiger partial charge in [-0.3, -0.25) is 9.48 Å². The van der Waals surface area contributed by atoms with Gasteiger partial charge >= 0.3 is 19.3 Å². The van der Waals surface area contributed by atoms with Crippen molar-refractivity contribution in [3.63, 3.8) is 0 Å². The normalized spacial score (nSPS) is 14.6. The average Bonchev–Trinajstić information content (AvgIpc) is 3.48. The van der Waals surface area contributed by atoms with Crippen LogP contribution in [0.2, 0.25) is 5.02 Å². The summed E-state index contributed by atoms with van der Waals surface area (Å²) in [6, 6.07) is 13.2. The predicted molar refractivity (Wildman–Crippen MR) is 178 cm³/mol. The number of benzene rings is 3. The number of fused-ring (bicyclic) bond motifs is 1. The van der Waals surface area contributed by atoms with Crippen LogP contribution < -0.4 is 5.46 Å². The summed E-state index contributed by atoms with van der Waals surface area (Å²) in [4.78, 5) is 22.0. The second-order valence-electron chi connectivity index (χ2n) is 10.8. The number of carbonyl (C=O) groups excluding carboxylic acids is 2. The van der Waals surface area contributed by atoms with Gasteiger partial charge in [0.1, 0.15) is 11.5 Å². The molecule has 0 aliphatic carbocycles. The van der Waals surface area contributed by atoms with E-state index in [2.05, 4.69) is 9.84 Å². The van der Waals surface area contributed by atoms with Gasteiger partial charge in [-0.15, -0.1) is 0 Å². The van der Waals surface area contributed by atoms with E-state index in [1.807, 2.05) is 73.6 Å². The molecule has 7 nitrogen and oxygen atoms in total. The highest BCUT2D eigenvalue weighted by Gasteiger charge is 2.51. The Labute approximate surface area is 278 Å². The molecule has 47 heavy (non-hydrogen) atoms. The summed E-state index contributed by atoms with van der Waals surface area (Å²) in [5.41, 5.74) is 0.279. The fourth-order valence-electron chi connectivity index (χ4n) is 4.46. The van der Waals surface area contributed by atoms with Gasteiger partial charge in [0.2, 0.25) is 0 Å². The van der Waals surface area contributed by atoms with Gasteiger partial charge < -0.3 is 14.0 Å². The Bertz CT molecular complexity index is 1690. The number of rotatable bonds is 4. The summed E-state index contributed by atoms with van der Waals surface area (Å²) in [5.74, 6) is -1.12. The first-order valence-corrected chi connectivity index (χ1v) is 15.4. The van der Waals surface area contributed by atoms with E-state index in [-0.39, 0.29) is 16.9 Å². The van der Waals surface area contributed by atoms with E-state index < -0.39 is 47.4 Å². The minimum atomic E-state index is -4.54. The monoisotopic (exact) mass is 678 g/mol. The van der Waals surface area contributed by atoms with Crippen molar-refractivity contribution in [1.29, 1.82) is 0 Å². The molecule has 1 aliphatic rings. The Morgan fingerprint density at radius 3 is 2.06 bits per heavy atom. The van der Waals surface area contributed by atoms with Gasteiger partial charge in [0.25, 0.3) is 0 Å². The molecule has 254 valence electrons. The molecule has 1 aromatic heterocycles. The molecule has 5 rings (SSSR count). The molecule has 1 aliphatic heterocycles. The largest absolute Gasteiger partial charge is 0.494 e. The molecule has 0 amide bonds. The summed E-state index contributed by atoms with van der Waals surface area (Å²) in [7, 11) is 2.58. The van der Waals surface area contributed by atoms with Crippen molar-refractivity contribution < 1.29 is 41.2 Å². The second kappa shape index (κ2) is 15.9. The lowest BCUT2D eigenvalue weighted by Crippen LogP contribution is -2.41. The van der Waals surface area contributed by atoms with Crippen molar-refractivity contribution in [1.82, 2.24) is 9.78 Å². The van der Waals surface area contributed by atoms with E-state index >= 15 is 0 Å². The van der Waals surface area contributed by atoms with Crippen LogP contribution in [0.4, 0.5) is 17.6 Å². The van der Waals surface area contributed by atoms with Gasteiger partial charge in [-0.2, -0.15) is 18.3 Å². The number of halogens is 5. The molecule has 0 bridgehead atoms. The molecule has 2 heterocycles. The molecule has 3 aromatic carbocycles. The molecule has 0 N–H and O–H groups in total. The van der Waals surface area contributed by atoms with E-state index in [4.69, 9.17) is 20.9 Å². The van der Waals surface area contributed by atoms with Crippen molar-refractivity contribution in [2.24, 2.45) is 7.05 Å². The molecule has 4 aromatic rings. The molecular formula is C34H40BClF4N2O5. The number of ether oxygens (including phenoxy) is 1. The van der Waals surface area contributed by atoms with E-state index in [1.165, 1.54) is 25.3 Å². The third-order valence-electron chi connectivity index (χ3n) is 7.52. The molecular weight excluding hydrogens is 639 g/mol. The maximum absolute atomic E-state index is 14.8. The van der Waals surface area contributed by atoms with Crippen LogP contribution in [0.3, 0.4) is 0 Å². The highest BCUT2D eigenvalue weighted by molar-refractivity contribution is 6.62. The fraction of sp³-hybridized carbons (Fsp3) is 0.382. The van der Waals surface area contributed by atoms with Crippen LogP contribution in [0.1, 0.15) is 81.7 Å². The number of aromatic nitrogens is 2. The first-order chi connectivity index (χ1) is 22.0. The summed E-state index contributed by atoms with van der Waals surface area (Å²) in [6.45, 7) is 16.0. The Morgan fingerprint density at radius 2 is 1.57 bits per heavy atom. The standard InChI is InChI=1S/C22H24BFN2O4.C8H4ClF3O.2C2H6/c1-21(2)22(3,4)30-23(29-21)14-8-10-16-18(12-14)26(5)25-19(16)15-9-7-13(11-17(15)24)20(27)28-6;9-7-3-1-2-6(5(7)4-13)8(10,11)12;2*1-2/h7-12H,1-6H3;1-4H;2*1-2H3.